The lowest BCUT2D eigenvalue weighted by atomic mass is 10.1. The van der Waals surface area contributed by atoms with Crippen molar-refractivity contribution in [2.75, 3.05) is 0 Å². The lowest BCUT2D eigenvalue weighted by molar-refractivity contribution is -0.158. The Kier molecular flexibility index (Phi) is 13.7. The Balaban J connectivity index is 0.000000460. The van der Waals surface area contributed by atoms with E-state index in [2.05, 4.69) is 6.92 Å². The Hall–Kier alpha value is -2.82. The van der Waals surface area contributed by atoms with Crippen LogP contribution in [-0.2, 0) is 32.1 Å². The van der Waals surface area contributed by atoms with E-state index in [1.165, 1.54) is 5.56 Å². The van der Waals surface area contributed by atoms with Crippen LogP contribution in [0, 0.1) is 11.8 Å². The highest BCUT2D eigenvalue weighted by Gasteiger charge is 2.18. The molecule has 0 atom stereocenters. The number of aryl methyl sites for hydroxylation is 1. The summed E-state index contributed by atoms with van der Waals surface area (Å²) in [5.41, 5.74) is 1.94. The fourth-order valence-electron chi connectivity index (χ4n) is 2.05. The van der Waals surface area contributed by atoms with Crippen molar-refractivity contribution in [3.63, 3.8) is 0 Å². The van der Waals surface area contributed by atoms with Crippen LogP contribution in [0.2, 0.25) is 0 Å². The largest absolute Gasteiger partial charge is 0.508 e. The lowest BCUT2D eigenvalue weighted by Crippen LogP contribution is -2.26. The summed E-state index contributed by atoms with van der Waals surface area (Å²) in [6.45, 7) is 15.4. The van der Waals surface area contributed by atoms with Crippen molar-refractivity contribution in [2.24, 2.45) is 11.8 Å². The minimum Gasteiger partial charge on any atom is -0.508 e. The zero-order valence-corrected chi connectivity index (χ0v) is 20.8. The zero-order chi connectivity index (χ0) is 24.7. The van der Waals surface area contributed by atoms with Gasteiger partial charge in [-0.15, -0.1) is 0 Å². The van der Waals surface area contributed by atoms with Gasteiger partial charge in [0.1, 0.15) is 18.0 Å². The van der Waals surface area contributed by atoms with Crippen molar-refractivity contribution in [3.8, 4) is 5.75 Å². The average molecular weight is 445 g/mol. The summed E-state index contributed by atoms with van der Waals surface area (Å²) < 4.78 is 10.1. The Labute approximate surface area is 193 Å². The predicted molar refractivity (Wildman–Crippen MR) is 129 cm³/mol. The molecule has 2 aromatic rings. The van der Waals surface area contributed by atoms with Crippen molar-refractivity contribution < 1.29 is 24.2 Å². The van der Waals surface area contributed by atoms with Gasteiger partial charge in [-0.1, -0.05) is 77.1 Å². The average Bonchev–Trinajstić information content (AvgIpc) is 2.73. The standard InChI is InChI=1S/C11H14O2.C8H16O2.C8H10O/c1-9(2)11(12)13-8-10-6-4-3-5-7-10;1-6(2)7(9)10-8(3,4)5;1-2-7-3-5-8(9)6-4-7/h3-7,9H,8H2,1-2H3;6H,1-5H3;3-6,9H,2H2,1H3. The van der Waals surface area contributed by atoms with E-state index in [0.29, 0.717) is 12.4 Å². The van der Waals surface area contributed by atoms with Crippen LogP contribution in [0.1, 0.15) is 66.5 Å². The number of phenolic OH excluding ortho intramolecular Hbond substituents is 1. The number of hydrogen-bond acceptors (Lipinski definition) is 5. The highest BCUT2D eigenvalue weighted by molar-refractivity contribution is 5.72. The number of rotatable bonds is 5. The van der Waals surface area contributed by atoms with Crippen LogP contribution in [-0.4, -0.2) is 22.6 Å². The zero-order valence-electron chi connectivity index (χ0n) is 20.8. The number of esters is 2. The van der Waals surface area contributed by atoms with Gasteiger partial charge >= 0.3 is 11.9 Å². The van der Waals surface area contributed by atoms with Gasteiger partial charge in [0.05, 0.1) is 11.8 Å². The number of aromatic hydroxyl groups is 1. The van der Waals surface area contributed by atoms with Gasteiger partial charge in [-0.25, -0.2) is 0 Å². The Morgan fingerprint density at radius 2 is 1.31 bits per heavy atom. The van der Waals surface area contributed by atoms with Gasteiger partial charge in [0.15, 0.2) is 0 Å². The summed E-state index contributed by atoms with van der Waals surface area (Å²) in [5.74, 6) is -0.0218. The number of hydrogen-bond donors (Lipinski definition) is 1. The molecule has 0 heterocycles. The summed E-state index contributed by atoms with van der Waals surface area (Å²) in [6, 6.07) is 16.9. The van der Waals surface area contributed by atoms with Gasteiger partial charge in [-0.05, 0) is 50.5 Å². The van der Waals surface area contributed by atoms with E-state index in [4.69, 9.17) is 14.6 Å². The highest BCUT2D eigenvalue weighted by atomic mass is 16.6. The van der Waals surface area contributed by atoms with E-state index < -0.39 is 0 Å². The fourth-order valence-corrected chi connectivity index (χ4v) is 2.05. The molecule has 2 rings (SSSR count). The van der Waals surface area contributed by atoms with Crippen LogP contribution in [0.4, 0.5) is 0 Å². The van der Waals surface area contributed by atoms with Gasteiger partial charge in [0, 0.05) is 0 Å². The lowest BCUT2D eigenvalue weighted by Gasteiger charge is -2.20. The van der Waals surface area contributed by atoms with Gasteiger partial charge < -0.3 is 14.6 Å². The van der Waals surface area contributed by atoms with Crippen molar-refractivity contribution in [1.29, 1.82) is 0 Å². The molecule has 178 valence electrons. The van der Waals surface area contributed by atoms with Crippen molar-refractivity contribution in [2.45, 2.75) is 74.0 Å². The summed E-state index contributed by atoms with van der Waals surface area (Å²) in [5, 5.41) is 8.85. The fraction of sp³-hybridized carbons (Fsp3) is 0.481. The number of benzene rings is 2. The molecule has 5 heteroatoms. The maximum Gasteiger partial charge on any atom is 0.308 e. The van der Waals surface area contributed by atoms with Crippen LogP contribution in [0.15, 0.2) is 54.6 Å². The van der Waals surface area contributed by atoms with E-state index in [1.54, 1.807) is 12.1 Å². The second-order valence-corrected chi connectivity index (χ2v) is 8.96. The predicted octanol–water partition coefficient (Wildman–Crippen LogP) is 6.32. The SMILES string of the molecule is CC(C)C(=O)OC(C)(C)C.CC(C)C(=O)OCc1ccccc1.CCc1ccc(O)cc1. The molecule has 0 saturated heterocycles. The summed E-state index contributed by atoms with van der Waals surface area (Å²) in [6.07, 6.45) is 1.03. The summed E-state index contributed by atoms with van der Waals surface area (Å²) in [7, 11) is 0. The third-order valence-corrected chi connectivity index (χ3v) is 3.92. The Morgan fingerprint density at radius 3 is 1.69 bits per heavy atom. The van der Waals surface area contributed by atoms with Crippen LogP contribution in [0.3, 0.4) is 0 Å². The van der Waals surface area contributed by atoms with Gasteiger partial charge in [-0.2, -0.15) is 0 Å². The molecular formula is C27H40O5. The molecule has 0 aromatic heterocycles. The van der Waals surface area contributed by atoms with Crippen molar-refractivity contribution >= 4 is 11.9 Å². The molecule has 0 radical (unpaired) electrons. The first-order valence-electron chi connectivity index (χ1n) is 11.1. The smallest absolute Gasteiger partial charge is 0.308 e. The van der Waals surface area contributed by atoms with E-state index in [9.17, 15) is 9.59 Å². The summed E-state index contributed by atoms with van der Waals surface area (Å²) in [4.78, 5) is 22.0. The number of phenols is 1. The minimum atomic E-state index is -0.346. The molecule has 2 aromatic carbocycles. The third kappa shape index (κ3) is 15.1. The van der Waals surface area contributed by atoms with Crippen molar-refractivity contribution in [3.05, 3.63) is 65.7 Å². The van der Waals surface area contributed by atoms with Gasteiger partial charge in [0.25, 0.3) is 0 Å². The second kappa shape index (κ2) is 15.1. The molecule has 0 amide bonds. The first kappa shape index (κ1) is 29.2. The Morgan fingerprint density at radius 1 is 0.812 bits per heavy atom. The normalized spacial score (nSPS) is 10.4. The van der Waals surface area contributed by atoms with E-state index in [0.717, 1.165) is 12.0 Å². The molecule has 5 nitrogen and oxygen atoms in total. The molecule has 0 aliphatic rings. The summed E-state index contributed by atoms with van der Waals surface area (Å²) >= 11 is 0. The molecule has 0 fully saturated rings. The number of carbonyl (C=O) groups excluding carboxylic acids is 2. The monoisotopic (exact) mass is 444 g/mol. The molecule has 0 saturated carbocycles. The molecule has 1 N–H and O–H groups in total. The quantitative estimate of drug-likeness (QED) is 0.546. The highest BCUT2D eigenvalue weighted by Crippen LogP contribution is 2.10. The first-order chi connectivity index (χ1) is 14.9. The molecule has 0 unspecified atom stereocenters. The molecule has 0 aliphatic carbocycles. The van der Waals surface area contributed by atoms with Gasteiger partial charge in [-0.3, -0.25) is 9.59 Å². The molecular weight excluding hydrogens is 404 g/mol. The molecule has 0 spiro atoms. The number of ether oxygens (including phenoxy) is 2. The van der Waals surface area contributed by atoms with E-state index >= 15 is 0 Å². The van der Waals surface area contributed by atoms with Crippen LogP contribution >= 0.6 is 0 Å². The van der Waals surface area contributed by atoms with Crippen LogP contribution in [0.25, 0.3) is 0 Å². The Bertz CT molecular complexity index is 772. The maximum absolute atomic E-state index is 11.1. The topological polar surface area (TPSA) is 72.8 Å². The van der Waals surface area contributed by atoms with Crippen molar-refractivity contribution in [1.82, 2.24) is 0 Å². The minimum absolute atomic E-state index is 0.0285. The van der Waals surface area contributed by atoms with Crippen LogP contribution < -0.4 is 0 Å². The third-order valence-electron chi connectivity index (χ3n) is 3.92. The first-order valence-corrected chi connectivity index (χ1v) is 11.1. The van der Waals surface area contributed by atoms with E-state index in [1.807, 2.05) is 90.9 Å². The van der Waals surface area contributed by atoms with Crippen LogP contribution in [0.5, 0.6) is 5.75 Å². The molecule has 32 heavy (non-hydrogen) atoms. The second-order valence-electron chi connectivity index (χ2n) is 8.96. The van der Waals surface area contributed by atoms with Gasteiger partial charge in [0.2, 0.25) is 0 Å². The molecule has 0 aliphatic heterocycles. The number of carbonyl (C=O) groups is 2. The van der Waals surface area contributed by atoms with E-state index in [-0.39, 0.29) is 29.4 Å². The maximum atomic E-state index is 11.1. The molecule has 0 bridgehead atoms.